The van der Waals surface area contributed by atoms with E-state index in [2.05, 4.69) is 20.6 Å². The van der Waals surface area contributed by atoms with Gasteiger partial charge in [-0.25, -0.2) is 9.97 Å². The Morgan fingerprint density at radius 1 is 1.25 bits per heavy atom. The molecule has 0 bridgehead atoms. The quantitative estimate of drug-likeness (QED) is 0.798. The maximum atomic E-state index is 11.8. The zero-order valence-electron chi connectivity index (χ0n) is 13.0. The molecule has 1 aromatic rings. The van der Waals surface area contributed by atoms with Crippen LogP contribution < -0.4 is 10.6 Å². The monoisotopic (exact) mass is 279 g/mol. The third kappa shape index (κ3) is 4.68. The van der Waals surface area contributed by atoms with Crippen molar-refractivity contribution >= 4 is 17.5 Å². The lowest BCUT2D eigenvalue weighted by Crippen LogP contribution is -2.32. The minimum Gasteiger partial charge on any atom is -0.370 e. The lowest BCUT2D eigenvalue weighted by Gasteiger charge is -2.16. The molecule has 0 saturated carbocycles. The average molecular weight is 279 g/mol. The van der Waals surface area contributed by atoms with Crippen LogP contribution in [0.4, 0.5) is 11.6 Å². The molecule has 6 nitrogen and oxygen atoms in total. The highest BCUT2D eigenvalue weighted by Gasteiger charge is 2.10. The second-order valence-electron chi connectivity index (χ2n) is 4.94. The van der Waals surface area contributed by atoms with Crippen molar-refractivity contribution in [3.8, 4) is 0 Å². The van der Waals surface area contributed by atoms with Gasteiger partial charge >= 0.3 is 0 Å². The molecule has 0 aliphatic heterocycles. The molecule has 0 unspecified atom stereocenters. The van der Waals surface area contributed by atoms with Gasteiger partial charge < -0.3 is 15.5 Å². The van der Waals surface area contributed by atoms with Crippen LogP contribution >= 0.6 is 0 Å². The largest absolute Gasteiger partial charge is 0.370 e. The van der Waals surface area contributed by atoms with E-state index in [4.69, 9.17) is 0 Å². The SMILES string of the molecule is CCNc1cc(NCC(=O)N(C)CC)nc(C(C)C)n1. The molecule has 0 spiro atoms. The van der Waals surface area contributed by atoms with Gasteiger partial charge in [-0.1, -0.05) is 13.8 Å². The number of hydrogen-bond donors (Lipinski definition) is 2. The average Bonchev–Trinajstić information content (AvgIpc) is 2.43. The molecule has 0 radical (unpaired) electrons. The van der Waals surface area contributed by atoms with Crippen molar-refractivity contribution < 1.29 is 4.79 Å². The molecule has 2 N–H and O–H groups in total. The van der Waals surface area contributed by atoms with Crippen LogP contribution in [0.5, 0.6) is 0 Å². The summed E-state index contributed by atoms with van der Waals surface area (Å²) in [6.45, 7) is 9.79. The number of carbonyl (C=O) groups excluding carboxylic acids is 1. The van der Waals surface area contributed by atoms with E-state index in [1.165, 1.54) is 0 Å². The number of rotatable bonds is 7. The summed E-state index contributed by atoms with van der Waals surface area (Å²) in [5, 5.41) is 6.25. The lowest BCUT2D eigenvalue weighted by atomic mass is 10.2. The highest BCUT2D eigenvalue weighted by atomic mass is 16.2. The highest BCUT2D eigenvalue weighted by molar-refractivity contribution is 5.80. The van der Waals surface area contributed by atoms with Crippen LogP contribution in [0.3, 0.4) is 0 Å². The molecular formula is C14H25N5O. The van der Waals surface area contributed by atoms with Gasteiger partial charge in [-0.15, -0.1) is 0 Å². The molecule has 0 saturated heterocycles. The third-order valence-corrected chi connectivity index (χ3v) is 2.94. The standard InChI is InChI=1S/C14H25N5O/c1-6-15-11-8-12(18-14(17-11)10(3)4)16-9-13(20)19(5)7-2/h8,10H,6-7,9H2,1-5H3,(H2,15,16,17,18). The second-order valence-corrected chi connectivity index (χ2v) is 4.94. The molecule has 112 valence electrons. The maximum absolute atomic E-state index is 11.8. The summed E-state index contributed by atoms with van der Waals surface area (Å²) in [7, 11) is 1.79. The van der Waals surface area contributed by atoms with Crippen molar-refractivity contribution in [3.05, 3.63) is 11.9 Å². The molecule has 0 atom stereocenters. The fourth-order valence-electron chi connectivity index (χ4n) is 1.56. The van der Waals surface area contributed by atoms with Crippen LogP contribution in [0.15, 0.2) is 6.07 Å². The first-order chi connectivity index (χ1) is 9.47. The van der Waals surface area contributed by atoms with Gasteiger partial charge in [0.1, 0.15) is 17.5 Å². The molecular weight excluding hydrogens is 254 g/mol. The Bertz CT molecular complexity index is 447. The zero-order chi connectivity index (χ0) is 15.1. The number of nitrogens with zero attached hydrogens (tertiary/aromatic N) is 3. The smallest absolute Gasteiger partial charge is 0.241 e. The number of anilines is 2. The Morgan fingerprint density at radius 2 is 1.85 bits per heavy atom. The van der Waals surface area contributed by atoms with Crippen molar-refractivity contribution in [2.75, 3.05) is 37.3 Å². The Balaban J connectivity index is 2.80. The summed E-state index contributed by atoms with van der Waals surface area (Å²) in [5.41, 5.74) is 0. The van der Waals surface area contributed by atoms with Gasteiger partial charge in [0.2, 0.25) is 5.91 Å². The predicted molar refractivity (Wildman–Crippen MR) is 82.1 cm³/mol. The molecule has 0 fully saturated rings. The molecule has 1 aromatic heterocycles. The third-order valence-electron chi connectivity index (χ3n) is 2.94. The van der Waals surface area contributed by atoms with Crippen LogP contribution in [-0.2, 0) is 4.79 Å². The van der Waals surface area contributed by atoms with Gasteiger partial charge in [0, 0.05) is 32.1 Å². The minimum absolute atomic E-state index is 0.0437. The van der Waals surface area contributed by atoms with Gasteiger partial charge in [0.15, 0.2) is 0 Å². The summed E-state index contributed by atoms with van der Waals surface area (Å²) in [6.07, 6.45) is 0. The lowest BCUT2D eigenvalue weighted by molar-refractivity contribution is -0.127. The van der Waals surface area contributed by atoms with E-state index in [-0.39, 0.29) is 18.4 Å². The van der Waals surface area contributed by atoms with Crippen LogP contribution in [0.2, 0.25) is 0 Å². The predicted octanol–water partition coefficient (Wildman–Crippen LogP) is 1.92. The number of likely N-dealkylation sites (N-methyl/N-ethyl adjacent to an activating group) is 1. The molecule has 1 heterocycles. The van der Waals surface area contributed by atoms with Crippen LogP contribution in [-0.4, -0.2) is 47.5 Å². The first-order valence-corrected chi connectivity index (χ1v) is 7.08. The van der Waals surface area contributed by atoms with E-state index in [1.807, 2.05) is 33.8 Å². The van der Waals surface area contributed by atoms with Crippen molar-refractivity contribution in [3.63, 3.8) is 0 Å². The maximum Gasteiger partial charge on any atom is 0.241 e. The molecule has 1 amide bonds. The molecule has 0 aromatic carbocycles. The van der Waals surface area contributed by atoms with Crippen molar-refractivity contribution in [2.24, 2.45) is 0 Å². The van der Waals surface area contributed by atoms with Gasteiger partial charge in [0.25, 0.3) is 0 Å². The van der Waals surface area contributed by atoms with Crippen molar-refractivity contribution in [1.82, 2.24) is 14.9 Å². The Hall–Kier alpha value is -1.85. The van der Waals surface area contributed by atoms with Gasteiger partial charge in [-0.2, -0.15) is 0 Å². The van der Waals surface area contributed by atoms with E-state index in [1.54, 1.807) is 11.9 Å². The number of aromatic nitrogens is 2. The van der Waals surface area contributed by atoms with E-state index < -0.39 is 0 Å². The molecule has 6 heteroatoms. The summed E-state index contributed by atoms with van der Waals surface area (Å²) in [4.78, 5) is 22.3. The van der Waals surface area contributed by atoms with E-state index in [0.29, 0.717) is 12.4 Å². The first-order valence-electron chi connectivity index (χ1n) is 7.08. The second kappa shape index (κ2) is 7.67. The summed E-state index contributed by atoms with van der Waals surface area (Å²) >= 11 is 0. The first kappa shape index (κ1) is 16.2. The summed E-state index contributed by atoms with van der Waals surface area (Å²) in [5.74, 6) is 2.51. The van der Waals surface area contributed by atoms with E-state index in [0.717, 1.165) is 18.2 Å². The zero-order valence-corrected chi connectivity index (χ0v) is 13.0. The Kier molecular flexibility index (Phi) is 6.21. The van der Waals surface area contributed by atoms with Gasteiger partial charge in [-0.05, 0) is 13.8 Å². The van der Waals surface area contributed by atoms with Gasteiger partial charge in [0.05, 0.1) is 6.54 Å². The van der Waals surface area contributed by atoms with Crippen LogP contribution in [0, 0.1) is 0 Å². The molecule has 1 rings (SSSR count). The summed E-state index contributed by atoms with van der Waals surface area (Å²) in [6, 6.07) is 1.83. The number of nitrogens with one attached hydrogen (secondary N) is 2. The minimum atomic E-state index is 0.0437. The molecule has 0 aliphatic rings. The Labute approximate surface area is 121 Å². The number of carbonyl (C=O) groups is 1. The van der Waals surface area contributed by atoms with E-state index in [9.17, 15) is 4.79 Å². The van der Waals surface area contributed by atoms with Crippen molar-refractivity contribution in [2.45, 2.75) is 33.6 Å². The van der Waals surface area contributed by atoms with Gasteiger partial charge in [-0.3, -0.25) is 4.79 Å². The van der Waals surface area contributed by atoms with Crippen LogP contribution in [0.1, 0.15) is 39.4 Å². The molecule has 20 heavy (non-hydrogen) atoms. The molecule has 0 aliphatic carbocycles. The highest BCUT2D eigenvalue weighted by Crippen LogP contribution is 2.16. The summed E-state index contributed by atoms with van der Waals surface area (Å²) < 4.78 is 0. The Morgan fingerprint density at radius 3 is 2.35 bits per heavy atom. The van der Waals surface area contributed by atoms with Crippen molar-refractivity contribution in [1.29, 1.82) is 0 Å². The number of hydrogen-bond acceptors (Lipinski definition) is 5. The normalized spacial score (nSPS) is 10.5. The fraction of sp³-hybridized carbons (Fsp3) is 0.643. The van der Waals surface area contributed by atoms with E-state index >= 15 is 0 Å². The number of amides is 1. The topological polar surface area (TPSA) is 70.2 Å². The fourth-order valence-corrected chi connectivity index (χ4v) is 1.56. The van der Waals surface area contributed by atoms with Crippen LogP contribution in [0.25, 0.3) is 0 Å².